The third-order valence-corrected chi connectivity index (χ3v) is 4.94. The first-order valence-electron chi connectivity index (χ1n) is 9.12. The summed E-state index contributed by atoms with van der Waals surface area (Å²) in [5.41, 5.74) is 2.31. The van der Waals surface area contributed by atoms with E-state index in [2.05, 4.69) is 68.4 Å². The maximum absolute atomic E-state index is 11.3. The van der Waals surface area contributed by atoms with Crippen molar-refractivity contribution in [1.29, 1.82) is 0 Å². The van der Waals surface area contributed by atoms with Crippen LogP contribution in [0.5, 0.6) is 0 Å². The van der Waals surface area contributed by atoms with Crippen molar-refractivity contribution in [2.24, 2.45) is 20.5 Å². The zero-order valence-corrected chi connectivity index (χ0v) is 15.7. The summed E-state index contributed by atoms with van der Waals surface area (Å²) in [6.07, 6.45) is 4.00. The zero-order chi connectivity index (χ0) is 19.5. The van der Waals surface area contributed by atoms with Crippen LogP contribution in [0.1, 0.15) is 37.1 Å². The Morgan fingerprint density at radius 1 is 0.679 bits per heavy atom. The van der Waals surface area contributed by atoms with E-state index in [-0.39, 0.29) is 12.1 Å². The van der Waals surface area contributed by atoms with Gasteiger partial charge in [0.15, 0.2) is 5.82 Å². The summed E-state index contributed by atoms with van der Waals surface area (Å²) < 4.78 is 0. The predicted molar refractivity (Wildman–Crippen MR) is 105 cm³/mol. The lowest BCUT2D eigenvalue weighted by Gasteiger charge is -2.33. The highest BCUT2D eigenvalue weighted by Crippen LogP contribution is 2.38. The Balaban J connectivity index is 1.75. The number of carbonyl (C=O) groups excluding carboxylic acids is 1. The van der Waals surface area contributed by atoms with Crippen molar-refractivity contribution < 1.29 is 4.79 Å². The minimum absolute atomic E-state index is 0.0379. The van der Waals surface area contributed by atoms with Crippen molar-refractivity contribution in [1.82, 2.24) is 9.80 Å². The fourth-order valence-electron chi connectivity index (χ4n) is 3.37. The van der Waals surface area contributed by atoms with Crippen LogP contribution in [0.2, 0.25) is 0 Å². The summed E-state index contributed by atoms with van der Waals surface area (Å²) >= 11 is 0. The topological polar surface area (TPSA) is 73.0 Å². The summed E-state index contributed by atoms with van der Waals surface area (Å²) in [6, 6.07) is 19.8. The minimum atomic E-state index is -0.694. The normalized spacial score (nSPS) is 18.1. The maximum atomic E-state index is 11.3. The molecule has 0 fully saturated rings. The maximum Gasteiger partial charge on any atom is 0.404 e. The van der Waals surface area contributed by atoms with Crippen LogP contribution in [0.15, 0.2) is 105 Å². The van der Waals surface area contributed by atoms with Gasteiger partial charge in [0.05, 0.1) is 12.1 Å². The van der Waals surface area contributed by atoms with Gasteiger partial charge in [-0.05, 0) is 25.0 Å². The van der Waals surface area contributed by atoms with Crippen LogP contribution in [0.25, 0.3) is 0 Å². The summed E-state index contributed by atoms with van der Waals surface area (Å²) in [4.78, 5) is 15.5. The second-order valence-corrected chi connectivity index (χ2v) is 6.62. The summed E-state index contributed by atoms with van der Waals surface area (Å²) in [5, 5.41) is 15.2. The van der Waals surface area contributed by atoms with E-state index < -0.39 is 6.03 Å². The monoisotopic (exact) mass is 372 g/mol. The zero-order valence-electron chi connectivity index (χ0n) is 15.7. The van der Waals surface area contributed by atoms with Gasteiger partial charge in [-0.25, -0.2) is 4.79 Å². The van der Waals surface area contributed by atoms with E-state index in [1.54, 1.807) is 0 Å². The van der Waals surface area contributed by atoms with Crippen molar-refractivity contribution >= 4 is 6.03 Å². The van der Waals surface area contributed by atoms with Gasteiger partial charge in [-0.1, -0.05) is 70.9 Å². The van der Waals surface area contributed by atoms with Crippen molar-refractivity contribution in [3.63, 3.8) is 0 Å². The van der Waals surface area contributed by atoms with E-state index >= 15 is 0 Å². The van der Waals surface area contributed by atoms with Gasteiger partial charge in [-0.15, -0.1) is 10.2 Å². The molecule has 7 heteroatoms. The average Bonchev–Trinajstić information content (AvgIpc) is 3.19. The molecule has 2 atom stereocenters. The first-order valence-corrected chi connectivity index (χ1v) is 9.12. The van der Waals surface area contributed by atoms with Gasteiger partial charge in [0.2, 0.25) is 5.82 Å². The molecule has 4 rings (SSSR count). The number of urea groups is 1. The summed E-state index contributed by atoms with van der Waals surface area (Å²) in [6.45, 7) is 4.22. The molecule has 0 radical (unpaired) electrons. The Morgan fingerprint density at radius 3 is 1.54 bits per heavy atom. The molecule has 2 aliphatic heterocycles. The van der Waals surface area contributed by atoms with Crippen LogP contribution < -0.4 is 0 Å². The molecule has 2 heterocycles. The van der Waals surface area contributed by atoms with E-state index in [0.29, 0.717) is 5.82 Å². The van der Waals surface area contributed by atoms with Gasteiger partial charge in [0.1, 0.15) is 0 Å². The Hall–Kier alpha value is -3.61. The van der Waals surface area contributed by atoms with Gasteiger partial charge in [0.25, 0.3) is 0 Å². The number of amides is 2. The highest BCUT2D eigenvalue weighted by atomic mass is 16.2. The molecular formula is C21H20N6O. The largest absolute Gasteiger partial charge is 0.404 e. The van der Waals surface area contributed by atoms with E-state index in [9.17, 15) is 4.79 Å². The Morgan fingerprint density at radius 2 is 1.11 bits per heavy atom. The fraction of sp³-hybridized carbons (Fsp3) is 0.190. The molecule has 140 valence electrons. The van der Waals surface area contributed by atoms with Crippen LogP contribution in [-0.2, 0) is 0 Å². The number of nitrogens with zero attached hydrogens (tertiary/aromatic N) is 6. The third-order valence-electron chi connectivity index (χ3n) is 4.94. The molecule has 2 aromatic rings. The second-order valence-electron chi connectivity index (χ2n) is 6.62. The van der Waals surface area contributed by atoms with Crippen molar-refractivity contribution in [2.75, 3.05) is 0 Å². The first kappa shape index (κ1) is 17.8. The number of carbonyl (C=O) groups is 1. The van der Waals surface area contributed by atoms with E-state index in [1.807, 2.05) is 48.8 Å². The molecule has 0 unspecified atom stereocenters. The molecule has 0 saturated carbocycles. The van der Waals surface area contributed by atoms with Crippen molar-refractivity contribution in [3.05, 3.63) is 95.8 Å². The molecule has 2 aliphatic rings. The lowest BCUT2D eigenvalue weighted by molar-refractivity contribution is 0.250. The van der Waals surface area contributed by atoms with Gasteiger partial charge < -0.3 is 9.80 Å². The lowest BCUT2D eigenvalue weighted by atomic mass is 10.1. The average molecular weight is 372 g/mol. The van der Waals surface area contributed by atoms with Crippen LogP contribution in [0.3, 0.4) is 0 Å². The van der Waals surface area contributed by atoms with E-state index in [4.69, 9.17) is 0 Å². The third kappa shape index (κ3) is 3.34. The van der Waals surface area contributed by atoms with Crippen LogP contribution in [0.4, 0.5) is 4.79 Å². The van der Waals surface area contributed by atoms with Crippen molar-refractivity contribution in [2.45, 2.75) is 25.9 Å². The lowest BCUT2D eigenvalue weighted by Crippen LogP contribution is -2.28. The molecular weight excluding hydrogens is 352 g/mol. The molecule has 2 amide bonds. The molecule has 28 heavy (non-hydrogen) atoms. The van der Waals surface area contributed by atoms with Gasteiger partial charge >= 0.3 is 6.03 Å². The Bertz CT molecular complexity index is 905. The van der Waals surface area contributed by atoms with E-state index in [0.717, 1.165) is 16.9 Å². The number of hydrogen-bond donors (Lipinski definition) is 0. The Labute approximate surface area is 163 Å². The molecule has 2 aromatic carbocycles. The highest BCUT2D eigenvalue weighted by molar-refractivity contribution is 5.75. The number of benzene rings is 2. The minimum Gasteiger partial charge on any atom is -0.322 e. The van der Waals surface area contributed by atoms with E-state index in [1.165, 1.54) is 0 Å². The molecule has 0 N–H and O–H groups in total. The molecule has 0 aliphatic carbocycles. The molecule has 0 bridgehead atoms. The number of azo groups is 2. The standard InChI is InChI=1S/C21H20N6O/c1-15(17-9-5-3-6-10-17)26-13-14-27(16(2)18-11-7-4-8-12-18)20(26)19-22-24-21(28)25-23-19/h3-16H,1-2H3/t15-,16-/m0/s1. The van der Waals surface area contributed by atoms with Gasteiger partial charge in [-0.3, -0.25) is 0 Å². The van der Waals surface area contributed by atoms with Gasteiger partial charge in [0, 0.05) is 12.4 Å². The molecule has 0 saturated heterocycles. The summed E-state index contributed by atoms with van der Waals surface area (Å²) in [5.74, 6) is 1.06. The summed E-state index contributed by atoms with van der Waals surface area (Å²) in [7, 11) is 0. The fourth-order valence-corrected chi connectivity index (χ4v) is 3.37. The molecule has 0 aromatic heterocycles. The SMILES string of the molecule is C[C@@H](c1ccccc1)N1C=CN([C@@H](C)c2ccccc2)C1=C1N=NC(=O)N=N1. The molecule has 7 nitrogen and oxygen atoms in total. The predicted octanol–water partition coefficient (Wildman–Crippen LogP) is 5.76. The molecule has 0 spiro atoms. The number of rotatable bonds is 4. The second kappa shape index (κ2) is 7.56. The first-order chi connectivity index (χ1) is 13.6. The van der Waals surface area contributed by atoms with Crippen LogP contribution >= 0.6 is 0 Å². The highest BCUT2D eigenvalue weighted by Gasteiger charge is 2.32. The van der Waals surface area contributed by atoms with Crippen molar-refractivity contribution in [3.8, 4) is 0 Å². The Kier molecular flexibility index (Phi) is 4.80. The quantitative estimate of drug-likeness (QED) is 0.684. The van der Waals surface area contributed by atoms with Crippen LogP contribution in [0, 0.1) is 0 Å². The van der Waals surface area contributed by atoms with Crippen LogP contribution in [-0.4, -0.2) is 15.8 Å². The van der Waals surface area contributed by atoms with Gasteiger partial charge in [-0.2, -0.15) is 0 Å². The number of hydrogen-bond acceptors (Lipinski definition) is 5. The smallest absolute Gasteiger partial charge is 0.322 e.